The molecule has 2 aromatic rings. The lowest BCUT2D eigenvalue weighted by Crippen LogP contribution is -2.13. The van der Waals surface area contributed by atoms with Crippen molar-refractivity contribution in [2.24, 2.45) is 5.73 Å². The number of hydrogen-bond donors (Lipinski definition) is 2. The van der Waals surface area contributed by atoms with Gasteiger partial charge in [-0.1, -0.05) is 38.1 Å². The molecule has 0 aromatic heterocycles. The Morgan fingerprint density at radius 3 is 2.62 bits per heavy atom. The summed E-state index contributed by atoms with van der Waals surface area (Å²) in [5, 5.41) is 2.95. The highest BCUT2D eigenvalue weighted by atomic mass is 16.1. The minimum atomic E-state index is -0.0882. The van der Waals surface area contributed by atoms with E-state index in [1.165, 1.54) is 5.56 Å². The zero-order valence-electron chi connectivity index (χ0n) is 12.6. The van der Waals surface area contributed by atoms with E-state index in [4.69, 9.17) is 5.73 Å². The topological polar surface area (TPSA) is 55.1 Å². The molecule has 0 bridgehead atoms. The van der Waals surface area contributed by atoms with Crippen LogP contribution in [0.2, 0.25) is 0 Å². The summed E-state index contributed by atoms with van der Waals surface area (Å²) < 4.78 is 0. The molecule has 0 aliphatic rings. The van der Waals surface area contributed by atoms with E-state index in [9.17, 15) is 4.79 Å². The number of anilines is 1. The molecule has 0 spiro atoms. The molecular formula is C18H22N2O. The summed E-state index contributed by atoms with van der Waals surface area (Å²) in [5.74, 6) is 0.351. The summed E-state index contributed by atoms with van der Waals surface area (Å²) >= 11 is 0. The normalized spacial score (nSPS) is 10.7. The Hall–Kier alpha value is -2.13. The fourth-order valence-corrected chi connectivity index (χ4v) is 2.21. The predicted molar refractivity (Wildman–Crippen MR) is 87.7 cm³/mol. The van der Waals surface area contributed by atoms with Crippen molar-refractivity contribution in [3.05, 3.63) is 65.2 Å². The maximum absolute atomic E-state index is 12.3. The SMILES string of the molecule is CC(C)c1cccc(NC(=O)c2cccc(CCN)c2)c1. The van der Waals surface area contributed by atoms with Crippen LogP contribution < -0.4 is 11.1 Å². The molecule has 2 aromatic carbocycles. The van der Waals surface area contributed by atoms with Crippen molar-refractivity contribution in [2.75, 3.05) is 11.9 Å². The molecule has 0 unspecified atom stereocenters. The van der Waals surface area contributed by atoms with Gasteiger partial charge in [0.1, 0.15) is 0 Å². The summed E-state index contributed by atoms with van der Waals surface area (Å²) in [4.78, 5) is 12.3. The Morgan fingerprint density at radius 1 is 1.14 bits per heavy atom. The van der Waals surface area contributed by atoms with Gasteiger partial charge in [-0.2, -0.15) is 0 Å². The lowest BCUT2D eigenvalue weighted by atomic mass is 10.0. The van der Waals surface area contributed by atoms with E-state index in [1.807, 2.05) is 42.5 Å². The van der Waals surface area contributed by atoms with Gasteiger partial charge in [0.05, 0.1) is 0 Å². The molecule has 0 radical (unpaired) electrons. The molecule has 3 heteroatoms. The van der Waals surface area contributed by atoms with Crippen LogP contribution in [0.3, 0.4) is 0 Å². The van der Waals surface area contributed by atoms with E-state index < -0.39 is 0 Å². The second-order valence-electron chi connectivity index (χ2n) is 5.47. The minimum absolute atomic E-state index is 0.0882. The predicted octanol–water partition coefficient (Wildman–Crippen LogP) is 3.56. The molecule has 0 aliphatic heterocycles. The monoisotopic (exact) mass is 282 g/mol. The van der Waals surface area contributed by atoms with Crippen molar-refractivity contribution in [3.63, 3.8) is 0 Å². The molecule has 2 rings (SSSR count). The van der Waals surface area contributed by atoms with Crippen molar-refractivity contribution in [1.82, 2.24) is 0 Å². The Labute approximate surface area is 126 Å². The molecule has 21 heavy (non-hydrogen) atoms. The third-order valence-corrected chi connectivity index (χ3v) is 3.43. The fourth-order valence-electron chi connectivity index (χ4n) is 2.21. The maximum atomic E-state index is 12.3. The third-order valence-electron chi connectivity index (χ3n) is 3.43. The summed E-state index contributed by atoms with van der Waals surface area (Å²) in [7, 11) is 0. The third kappa shape index (κ3) is 4.17. The first-order valence-corrected chi connectivity index (χ1v) is 7.30. The number of benzene rings is 2. The molecule has 0 aliphatic carbocycles. The highest BCUT2D eigenvalue weighted by Crippen LogP contribution is 2.19. The average Bonchev–Trinajstić information content (AvgIpc) is 2.48. The lowest BCUT2D eigenvalue weighted by molar-refractivity contribution is 0.102. The van der Waals surface area contributed by atoms with Gasteiger partial charge in [-0.15, -0.1) is 0 Å². The highest BCUT2D eigenvalue weighted by molar-refractivity contribution is 6.04. The van der Waals surface area contributed by atoms with Gasteiger partial charge in [0.15, 0.2) is 0 Å². The van der Waals surface area contributed by atoms with Crippen molar-refractivity contribution in [2.45, 2.75) is 26.2 Å². The van der Waals surface area contributed by atoms with Crippen LogP contribution in [-0.4, -0.2) is 12.5 Å². The molecular weight excluding hydrogens is 260 g/mol. The second kappa shape index (κ2) is 7.04. The van der Waals surface area contributed by atoms with Crippen LogP contribution in [0.25, 0.3) is 0 Å². The zero-order chi connectivity index (χ0) is 15.2. The average molecular weight is 282 g/mol. The van der Waals surface area contributed by atoms with E-state index in [-0.39, 0.29) is 5.91 Å². The quantitative estimate of drug-likeness (QED) is 0.881. The Morgan fingerprint density at radius 2 is 1.90 bits per heavy atom. The van der Waals surface area contributed by atoms with Gasteiger partial charge in [0, 0.05) is 11.3 Å². The Balaban J connectivity index is 2.14. The van der Waals surface area contributed by atoms with Gasteiger partial charge < -0.3 is 11.1 Å². The molecule has 3 N–H and O–H groups in total. The number of nitrogens with one attached hydrogen (secondary N) is 1. The van der Waals surface area contributed by atoms with Crippen LogP contribution in [0.4, 0.5) is 5.69 Å². The first kappa shape index (κ1) is 15.3. The summed E-state index contributed by atoms with van der Waals surface area (Å²) in [6.45, 7) is 4.86. The first-order valence-electron chi connectivity index (χ1n) is 7.30. The number of amides is 1. The van der Waals surface area contributed by atoms with E-state index in [2.05, 4.69) is 25.2 Å². The molecule has 0 fully saturated rings. The molecule has 110 valence electrons. The molecule has 3 nitrogen and oxygen atoms in total. The number of nitrogens with two attached hydrogens (primary N) is 1. The van der Waals surface area contributed by atoms with Gasteiger partial charge in [0.25, 0.3) is 5.91 Å². The van der Waals surface area contributed by atoms with Crippen molar-refractivity contribution in [3.8, 4) is 0 Å². The van der Waals surface area contributed by atoms with E-state index in [1.54, 1.807) is 0 Å². The van der Waals surface area contributed by atoms with Crippen LogP contribution in [0.1, 0.15) is 41.3 Å². The van der Waals surface area contributed by atoms with Gasteiger partial charge in [-0.25, -0.2) is 0 Å². The smallest absolute Gasteiger partial charge is 0.255 e. The summed E-state index contributed by atoms with van der Waals surface area (Å²) in [6, 6.07) is 15.6. The largest absolute Gasteiger partial charge is 0.330 e. The summed E-state index contributed by atoms with van der Waals surface area (Å²) in [6.07, 6.45) is 0.782. The molecule has 0 atom stereocenters. The van der Waals surface area contributed by atoms with Crippen molar-refractivity contribution >= 4 is 11.6 Å². The number of rotatable bonds is 5. The van der Waals surface area contributed by atoms with Crippen LogP contribution in [0, 0.1) is 0 Å². The Kier molecular flexibility index (Phi) is 5.12. The standard InChI is InChI=1S/C18H22N2O/c1-13(2)15-6-4-8-17(12-15)20-18(21)16-7-3-5-14(11-16)9-10-19/h3-8,11-13H,9-10,19H2,1-2H3,(H,20,21). The Bertz CT molecular complexity index is 620. The van der Waals surface area contributed by atoms with Crippen LogP contribution in [0.5, 0.6) is 0 Å². The van der Waals surface area contributed by atoms with Gasteiger partial charge in [0.2, 0.25) is 0 Å². The van der Waals surface area contributed by atoms with Crippen LogP contribution in [0.15, 0.2) is 48.5 Å². The number of carbonyl (C=O) groups is 1. The van der Waals surface area contributed by atoms with E-state index in [0.29, 0.717) is 18.0 Å². The van der Waals surface area contributed by atoms with E-state index >= 15 is 0 Å². The van der Waals surface area contributed by atoms with Crippen LogP contribution in [-0.2, 0) is 6.42 Å². The first-order chi connectivity index (χ1) is 10.1. The van der Waals surface area contributed by atoms with Crippen molar-refractivity contribution < 1.29 is 4.79 Å². The number of hydrogen-bond acceptors (Lipinski definition) is 2. The molecule has 0 saturated carbocycles. The van der Waals surface area contributed by atoms with Crippen LogP contribution >= 0.6 is 0 Å². The number of carbonyl (C=O) groups excluding carboxylic acids is 1. The molecule has 0 saturated heterocycles. The van der Waals surface area contributed by atoms with Gasteiger partial charge >= 0.3 is 0 Å². The second-order valence-corrected chi connectivity index (χ2v) is 5.47. The van der Waals surface area contributed by atoms with Gasteiger partial charge in [-0.05, 0) is 54.3 Å². The highest BCUT2D eigenvalue weighted by Gasteiger charge is 2.08. The van der Waals surface area contributed by atoms with Gasteiger partial charge in [-0.3, -0.25) is 4.79 Å². The van der Waals surface area contributed by atoms with Crippen molar-refractivity contribution in [1.29, 1.82) is 0 Å². The fraction of sp³-hybridized carbons (Fsp3) is 0.278. The summed E-state index contributed by atoms with van der Waals surface area (Å²) in [5.41, 5.74) is 9.34. The lowest BCUT2D eigenvalue weighted by Gasteiger charge is -2.10. The zero-order valence-corrected chi connectivity index (χ0v) is 12.6. The van der Waals surface area contributed by atoms with E-state index in [0.717, 1.165) is 17.7 Å². The maximum Gasteiger partial charge on any atom is 0.255 e. The molecule has 0 heterocycles. The molecule has 1 amide bonds. The minimum Gasteiger partial charge on any atom is -0.330 e.